The van der Waals surface area contributed by atoms with Crippen LogP contribution >= 0.6 is 0 Å². The lowest BCUT2D eigenvalue weighted by Crippen LogP contribution is -2.30. The predicted octanol–water partition coefficient (Wildman–Crippen LogP) is 4.43. The molecule has 0 bridgehead atoms. The van der Waals surface area contributed by atoms with Gasteiger partial charge in [-0.2, -0.15) is 4.31 Å². The quantitative estimate of drug-likeness (QED) is 0.536. The van der Waals surface area contributed by atoms with Gasteiger partial charge in [-0.3, -0.25) is 4.79 Å². The molecule has 1 N–H and O–H groups in total. The summed E-state index contributed by atoms with van der Waals surface area (Å²) in [5, 5.41) is 2.63. The number of hydrogen-bond acceptors (Lipinski definition) is 4. The van der Waals surface area contributed by atoms with E-state index in [1.54, 1.807) is 19.1 Å². The van der Waals surface area contributed by atoms with Crippen LogP contribution in [-0.4, -0.2) is 25.2 Å². The first-order valence-corrected chi connectivity index (χ1v) is 11.5. The zero-order valence-electron chi connectivity index (χ0n) is 17.6. The number of rotatable bonds is 9. The first kappa shape index (κ1) is 22.5. The maximum absolute atomic E-state index is 13.0. The average Bonchev–Trinajstić information content (AvgIpc) is 2.77. The Morgan fingerprint density at radius 1 is 0.903 bits per heavy atom. The van der Waals surface area contributed by atoms with Crippen LogP contribution in [0.5, 0.6) is 5.75 Å². The third kappa shape index (κ3) is 6.16. The summed E-state index contributed by atoms with van der Waals surface area (Å²) in [4.78, 5) is 11.3. The minimum atomic E-state index is -3.66. The standard InChI is InChI=1S/C24H26N2O4S/c1-3-26(31(28,29)24-15-11-22(12-16-24)25-19(2)27)17-20-9-13-23(14-10-20)30-18-21-7-5-4-6-8-21/h4-16H,3,17-18H2,1-2H3,(H,25,27). The Balaban J connectivity index is 1.66. The Hall–Kier alpha value is -3.16. The molecule has 0 unspecified atom stereocenters. The van der Waals surface area contributed by atoms with Gasteiger partial charge in [-0.25, -0.2) is 8.42 Å². The van der Waals surface area contributed by atoms with Gasteiger partial charge < -0.3 is 10.1 Å². The van der Waals surface area contributed by atoms with Crippen molar-refractivity contribution in [3.8, 4) is 5.75 Å². The summed E-state index contributed by atoms with van der Waals surface area (Å²) in [6.45, 7) is 4.28. The van der Waals surface area contributed by atoms with Crippen LogP contribution in [-0.2, 0) is 28.0 Å². The molecule has 0 fully saturated rings. The van der Waals surface area contributed by atoms with Crippen LogP contribution in [0.15, 0.2) is 83.8 Å². The molecule has 0 aliphatic heterocycles. The Labute approximate surface area is 183 Å². The molecule has 0 spiro atoms. The molecule has 162 valence electrons. The number of benzene rings is 3. The van der Waals surface area contributed by atoms with Gasteiger partial charge >= 0.3 is 0 Å². The fourth-order valence-corrected chi connectivity index (χ4v) is 4.50. The van der Waals surface area contributed by atoms with E-state index in [9.17, 15) is 13.2 Å². The lowest BCUT2D eigenvalue weighted by Gasteiger charge is -2.21. The second-order valence-electron chi connectivity index (χ2n) is 7.06. The van der Waals surface area contributed by atoms with E-state index >= 15 is 0 Å². The van der Waals surface area contributed by atoms with Crippen LogP contribution < -0.4 is 10.1 Å². The summed E-state index contributed by atoms with van der Waals surface area (Å²) in [7, 11) is -3.66. The molecular weight excluding hydrogens is 412 g/mol. The molecule has 3 rings (SSSR count). The summed E-state index contributed by atoms with van der Waals surface area (Å²) >= 11 is 0. The Morgan fingerprint density at radius 3 is 2.13 bits per heavy atom. The van der Waals surface area contributed by atoms with Gasteiger partial charge in [0.15, 0.2) is 0 Å². The van der Waals surface area contributed by atoms with Gasteiger partial charge in [0, 0.05) is 25.7 Å². The number of carbonyl (C=O) groups excluding carboxylic acids is 1. The van der Waals surface area contributed by atoms with Crippen molar-refractivity contribution in [3.63, 3.8) is 0 Å². The number of anilines is 1. The van der Waals surface area contributed by atoms with E-state index in [-0.39, 0.29) is 17.3 Å². The molecule has 31 heavy (non-hydrogen) atoms. The number of ether oxygens (including phenoxy) is 1. The van der Waals surface area contributed by atoms with Crippen LogP contribution in [0.1, 0.15) is 25.0 Å². The number of hydrogen-bond donors (Lipinski definition) is 1. The van der Waals surface area contributed by atoms with Gasteiger partial charge in [0.1, 0.15) is 12.4 Å². The van der Waals surface area contributed by atoms with Crippen molar-refractivity contribution in [1.29, 1.82) is 0 Å². The van der Waals surface area contributed by atoms with Crippen LogP contribution in [0.3, 0.4) is 0 Å². The maximum Gasteiger partial charge on any atom is 0.243 e. The van der Waals surface area contributed by atoms with Crippen molar-refractivity contribution in [2.75, 3.05) is 11.9 Å². The summed E-state index contributed by atoms with van der Waals surface area (Å²) < 4.78 is 33.3. The van der Waals surface area contributed by atoms with Crippen molar-refractivity contribution < 1.29 is 17.9 Å². The van der Waals surface area contributed by atoms with Gasteiger partial charge in [0.2, 0.25) is 15.9 Å². The molecule has 7 heteroatoms. The number of carbonyl (C=O) groups is 1. The minimum Gasteiger partial charge on any atom is -0.489 e. The monoisotopic (exact) mass is 438 g/mol. The van der Waals surface area contributed by atoms with Gasteiger partial charge in [-0.05, 0) is 47.5 Å². The average molecular weight is 439 g/mol. The molecule has 0 aromatic heterocycles. The van der Waals surface area contributed by atoms with E-state index in [2.05, 4.69) is 5.32 Å². The topological polar surface area (TPSA) is 75.7 Å². The van der Waals surface area contributed by atoms with E-state index in [4.69, 9.17) is 4.74 Å². The first-order chi connectivity index (χ1) is 14.9. The lowest BCUT2D eigenvalue weighted by molar-refractivity contribution is -0.114. The SMILES string of the molecule is CCN(Cc1ccc(OCc2ccccc2)cc1)S(=O)(=O)c1ccc(NC(C)=O)cc1. The highest BCUT2D eigenvalue weighted by Crippen LogP contribution is 2.22. The maximum atomic E-state index is 13.0. The normalized spacial score (nSPS) is 11.3. The van der Waals surface area contributed by atoms with Gasteiger partial charge in [0.25, 0.3) is 0 Å². The summed E-state index contributed by atoms with van der Waals surface area (Å²) in [5.74, 6) is 0.522. The molecule has 0 aliphatic carbocycles. The largest absolute Gasteiger partial charge is 0.489 e. The number of sulfonamides is 1. The molecule has 6 nitrogen and oxygen atoms in total. The molecular formula is C24H26N2O4S. The van der Waals surface area contributed by atoms with Gasteiger partial charge in [-0.15, -0.1) is 0 Å². The molecule has 0 atom stereocenters. The fraction of sp³-hybridized carbons (Fsp3) is 0.208. The number of nitrogens with one attached hydrogen (secondary N) is 1. The molecule has 3 aromatic rings. The van der Waals surface area contributed by atoms with Crippen molar-refractivity contribution in [2.24, 2.45) is 0 Å². The third-order valence-electron chi connectivity index (χ3n) is 4.70. The van der Waals surface area contributed by atoms with Crippen molar-refractivity contribution in [2.45, 2.75) is 31.9 Å². The molecule has 0 heterocycles. The third-order valence-corrected chi connectivity index (χ3v) is 6.63. The van der Waals surface area contributed by atoms with E-state index < -0.39 is 10.0 Å². The molecule has 0 radical (unpaired) electrons. The number of amides is 1. The van der Waals surface area contributed by atoms with Crippen LogP contribution in [0.25, 0.3) is 0 Å². The zero-order chi connectivity index (χ0) is 22.3. The van der Waals surface area contributed by atoms with Gasteiger partial charge in [-0.1, -0.05) is 49.4 Å². The van der Waals surface area contributed by atoms with Crippen LogP contribution in [0.2, 0.25) is 0 Å². The highest BCUT2D eigenvalue weighted by molar-refractivity contribution is 7.89. The summed E-state index contributed by atoms with van der Waals surface area (Å²) in [6.07, 6.45) is 0. The Morgan fingerprint density at radius 2 is 1.55 bits per heavy atom. The molecule has 0 saturated heterocycles. The van der Waals surface area contributed by atoms with E-state index in [1.807, 2.05) is 54.6 Å². The van der Waals surface area contributed by atoms with Crippen LogP contribution in [0, 0.1) is 0 Å². The predicted molar refractivity (Wildman–Crippen MR) is 121 cm³/mol. The summed E-state index contributed by atoms with van der Waals surface area (Å²) in [6, 6.07) is 23.5. The van der Waals surface area contributed by atoms with E-state index in [0.29, 0.717) is 18.8 Å². The smallest absolute Gasteiger partial charge is 0.243 e. The van der Waals surface area contributed by atoms with Gasteiger partial charge in [0.05, 0.1) is 4.90 Å². The summed E-state index contributed by atoms with van der Waals surface area (Å²) in [5.41, 5.74) is 2.51. The minimum absolute atomic E-state index is 0.186. The Kier molecular flexibility index (Phi) is 7.44. The van der Waals surface area contributed by atoms with Crippen molar-refractivity contribution in [3.05, 3.63) is 90.0 Å². The molecule has 0 aliphatic rings. The Bertz CT molecular complexity index is 1100. The van der Waals surface area contributed by atoms with E-state index in [0.717, 1.165) is 16.9 Å². The highest BCUT2D eigenvalue weighted by atomic mass is 32.2. The zero-order valence-corrected chi connectivity index (χ0v) is 18.4. The molecule has 1 amide bonds. The van der Waals surface area contributed by atoms with E-state index in [1.165, 1.54) is 23.4 Å². The first-order valence-electron chi connectivity index (χ1n) is 10.0. The molecule has 0 saturated carbocycles. The highest BCUT2D eigenvalue weighted by Gasteiger charge is 2.23. The lowest BCUT2D eigenvalue weighted by atomic mass is 10.2. The van der Waals surface area contributed by atoms with Crippen molar-refractivity contribution >= 4 is 21.6 Å². The molecule has 3 aromatic carbocycles. The second kappa shape index (κ2) is 10.2. The number of nitrogens with zero attached hydrogens (tertiary/aromatic N) is 1. The fourth-order valence-electron chi connectivity index (χ4n) is 3.06. The van der Waals surface area contributed by atoms with Crippen LogP contribution in [0.4, 0.5) is 5.69 Å². The second-order valence-corrected chi connectivity index (χ2v) is 8.99. The van der Waals surface area contributed by atoms with Crippen molar-refractivity contribution in [1.82, 2.24) is 4.31 Å².